The van der Waals surface area contributed by atoms with E-state index in [0.717, 1.165) is 25.9 Å². The fourth-order valence-corrected chi connectivity index (χ4v) is 0.694. The van der Waals surface area contributed by atoms with E-state index in [2.05, 4.69) is 6.92 Å². The van der Waals surface area contributed by atoms with E-state index in [-0.39, 0.29) is 0 Å². The van der Waals surface area contributed by atoms with E-state index < -0.39 is 0 Å². The summed E-state index contributed by atoms with van der Waals surface area (Å²) in [5, 5.41) is 1.79. The highest BCUT2D eigenvalue weighted by Crippen LogP contribution is 1.93. The maximum absolute atomic E-state index is 5.69. The predicted molar refractivity (Wildman–Crippen MR) is 44.3 cm³/mol. The van der Waals surface area contributed by atoms with Gasteiger partial charge in [-0.2, -0.15) is 0 Å². The Morgan fingerprint density at radius 2 is 2.00 bits per heavy atom. The van der Waals surface area contributed by atoms with Gasteiger partial charge in [-0.15, -0.1) is 0 Å². The van der Waals surface area contributed by atoms with E-state index in [1.54, 1.807) is 5.01 Å². The van der Waals surface area contributed by atoms with Crippen molar-refractivity contribution in [3.8, 4) is 0 Å². The Hall–Kier alpha value is -0.120. The van der Waals surface area contributed by atoms with Crippen molar-refractivity contribution in [1.29, 1.82) is 0 Å². The second-order valence-corrected chi connectivity index (χ2v) is 2.59. The van der Waals surface area contributed by atoms with E-state index in [4.69, 9.17) is 11.6 Å². The van der Waals surface area contributed by atoms with Gasteiger partial charge in [-0.1, -0.05) is 13.8 Å². The van der Waals surface area contributed by atoms with Crippen molar-refractivity contribution in [3.63, 3.8) is 0 Å². The predicted octanol–water partition coefficient (Wildman–Crippen LogP) is 0.309. The van der Waals surface area contributed by atoms with Crippen molar-refractivity contribution in [2.75, 3.05) is 13.1 Å². The fourth-order valence-electron chi connectivity index (χ4n) is 0.694. The number of hydrogen-bond acceptors (Lipinski definition) is 3. The zero-order valence-electron chi connectivity index (χ0n) is 7.01. The lowest BCUT2D eigenvalue weighted by Gasteiger charge is -2.15. The molecule has 1 atom stereocenters. The Labute approximate surface area is 63.3 Å². The van der Waals surface area contributed by atoms with Crippen LogP contribution in [-0.4, -0.2) is 24.1 Å². The first-order chi connectivity index (χ1) is 4.70. The summed E-state index contributed by atoms with van der Waals surface area (Å²) in [6, 6.07) is 0.317. The van der Waals surface area contributed by atoms with Gasteiger partial charge >= 0.3 is 0 Å². The molecule has 0 aromatic rings. The third kappa shape index (κ3) is 4.73. The second-order valence-electron chi connectivity index (χ2n) is 2.59. The maximum atomic E-state index is 5.69. The van der Waals surface area contributed by atoms with Gasteiger partial charge in [0, 0.05) is 19.1 Å². The molecule has 1 unspecified atom stereocenters. The summed E-state index contributed by atoms with van der Waals surface area (Å²) in [6.45, 7) is 5.94. The highest BCUT2D eigenvalue weighted by atomic mass is 15.4. The Bertz CT molecular complexity index is 65.3. The summed E-state index contributed by atoms with van der Waals surface area (Å²) in [5.41, 5.74) is 5.69. The summed E-state index contributed by atoms with van der Waals surface area (Å²) in [4.78, 5) is 0. The minimum absolute atomic E-state index is 0.317. The molecule has 0 spiro atoms. The molecule has 10 heavy (non-hydrogen) atoms. The van der Waals surface area contributed by atoms with E-state index in [1.807, 2.05) is 6.92 Å². The molecule has 62 valence electrons. The van der Waals surface area contributed by atoms with Crippen molar-refractivity contribution in [1.82, 2.24) is 5.01 Å². The molecule has 0 saturated heterocycles. The van der Waals surface area contributed by atoms with E-state index in [1.165, 1.54) is 0 Å². The molecule has 0 aromatic heterocycles. The van der Waals surface area contributed by atoms with E-state index in [9.17, 15) is 0 Å². The highest BCUT2D eigenvalue weighted by Gasteiger charge is 2.00. The van der Waals surface area contributed by atoms with Crippen molar-refractivity contribution in [3.05, 3.63) is 0 Å². The van der Waals surface area contributed by atoms with Crippen LogP contribution in [0.25, 0.3) is 0 Å². The van der Waals surface area contributed by atoms with Gasteiger partial charge in [0.1, 0.15) is 0 Å². The lowest BCUT2D eigenvalue weighted by atomic mass is 10.2. The molecule has 0 aliphatic rings. The van der Waals surface area contributed by atoms with E-state index in [0.29, 0.717) is 6.04 Å². The monoisotopic (exact) mass is 145 g/mol. The molecular weight excluding hydrogens is 126 g/mol. The van der Waals surface area contributed by atoms with Crippen molar-refractivity contribution in [2.24, 2.45) is 11.6 Å². The molecule has 0 bridgehead atoms. The zero-order valence-corrected chi connectivity index (χ0v) is 7.01. The van der Waals surface area contributed by atoms with Gasteiger partial charge in [0.05, 0.1) is 0 Å². The van der Waals surface area contributed by atoms with Gasteiger partial charge in [0.15, 0.2) is 0 Å². The summed E-state index contributed by atoms with van der Waals surface area (Å²) >= 11 is 0. The first-order valence-electron chi connectivity index (χ1n) is 3.95. The number of hydrogen-bond donors (Lipinski definition) is 2. The average Bonchev–Trinajstić information content (AvgIpc) is 1.99. The largest absolute Gasteiger partial charge is 0.328 e. The molecule has 0 saturated carbocycles. The summed E-state index contributed by atoms with van der Waals surface area (Å²) < 4.78 is 0. The van der Waals surface area contributed by atoms with Crippen molar-refractivity contribution in [2.45, 2.75) is 32.7 Å². The first-order valence-corrected chi connectivity index (χ1v) is 3.95. The van der Waals surface area contributed by atoms with Crippen LogP contribution in [0.5, 0.6) is 0 Å². The minimum atomic E-state index is 0.317. The molecule has 3 nitrogen and oxygen atoms in total. The molecular formula is C7H19N3. The third-order valence-corrected chi connectivity index (χ3v) is 1.72. The fraction of sp³-hybridized carbons (Fsp3) is 1.00. The van der Waals surface area contributed by atoms with Gasteiger partial charge in [-0.05, 0) is 12.8 Å². The molecule has 3 heteroatoms. The Morgan fingerprint density at radius 3 is 2.40 bits per heavy atom. The Morgan fingerprint density at radius 1 is 1.40 bits per heavy atom. The van der Waals surface area contributed by atoms with Crippen LogP contribution in [-0.2, 0) is 0 Å². The number of nitrogens with zero attached hydrogens (tertiary/aromatic N) is 1. The smallest absolute Gasteiger partial charge is 0.0143 e. The summed E-state index contributed by atoms with van der Waals surface area (Å²) in [5.74, 6) is 5.55. The highest BCUT2D eigenvalue weighted by molar-refractivity contribution is 4.59. The van der Waals surface area contributed by atoms with Crippen molar-refractivity contribution >= 4 is 0 Å². The van der Waals surface area contributed by atoms with Crippen LogP contribution in [0.2, 0.25) is 0 Å². The number of hydrazine groups is 1. The van der Waals surface area contributed by atoms with Crippen LogP contribution >= 0.6 is 0 Å². The topological polar surface area (TPSA) is 55.3 Å². The lowest BCUT2D eigenvalue weighted by Crippen LogP contribution is -2.35. The average molecular weight is 145 g/mol. The molecule has 0 fully saturated rings. The van der Waals surface area contributed by atoms with Gasteiger partial charge in [0.25, 0.3) is 0 Å². The van der Waals surface area contributed by atoms with Crippen LogP contribution in [0.3, 0.4) is 0 Å². The number of nitrogens with two attached hydrogens (primary N) is 2. The SMILES string of the molecule is CCC(N)CCN(N)CC. The molecule has 0 aliphatic heterocycles. The van der Waals surface area contributed by atoms with Crippen LogP contribution in [0.1, 0.15) is 26.7 Å². The molecule has 0 aliphatic carbocycles. The molecule has 0 aromatic carbocycles. The maximum Gasteiger partial charge on any atom is 0.0143 e. The van der Waals surface area contributed by atoms with Crippen LogP contribution in [0.15, 0.2) is 0 Å². The van der Waals surface area contributed by atoms with E-state index >= 15 is 0 Å². The standard InChI is InChI=1S/C7H19N3/c1-3-7(8)5-6-10(9)4-2/h7H,3-6,8-9H2,1-2H3. The molecule has 0 rings (SSSR count). The molecule has 0 heterocycles. The van der Waals surface area contributed by atoms with Gasteiger partial charge in [-0.3, -0.25) is 5.84 Å². The summed E-state index contributed by atoms with van der Waals surface area (Å²) in [6.07, 6.45) is 2.04. The minimum Gasteiger partial charge on any atom is -0.328 e. The van der Waals surface area contributed by atoms with Crippen LogP contribution in [0.4, 0.5) is 0 Å². The quantitative estimate of drug-likeness (QED) is 0.432. The van der Waals surface area contributed by atoms with Gasteiger partial charge < -0.3 is 5.73 Å². The lowest BCUT2D eigenvalue weighted by molar-refractivity contribution is 0.284. The van der Waals surface area contributed by atoms with Crippen molar-refractivity contribution < 1.29 is 0 Å². The molecule has 0 amide bonds. The summed E-state index contributed by atoms with van der Waals surface area (Å²) in [7, 11) is 0. The Kier molecular flexibility index (Phi) is 5.58. The van der Waals surface area contributed by atoms with Gasteiger partial charge in [-0.25, -0.2) is 5.01 Å². The number of rotatable bonds is 5. The van der Waals surface area contributed by atoms with Crippen LogP contribution < -0.4 is 11.6 Å². The molecule has 4 N–H and O–H groups in total. The zero-order chi connectivity index (χ0) is 7.98. The first kappa shape index (κ1) is 9.88. The third-order valence-electron chi connectivity index (χ3n) is 1.72. The normalized spacial score (nSPS) is 14.1. The second kappa shape index (κ2) is 5.65. The van der Waals surface area contributed by atoms with Gasteiger partial charge in [0.2, 0.25) is 0 Å². The Balaban J connectivity index is 3.17. The molecule has 0 radical (unpaired) electrons. The van der Waals surface area contributed by atoms with Crippen LogP contribution in [0, 0.1) is 0 Å².